The highest BCUT2D eigenvalue weighted by Gasteiger charge is 2.54. The monoisotopic (exact) mass is 263 g/mol. The van der Waals surface area contributed by atoms with Crippen molar-refractivity contribution in [1.82, 2.24) is 15.1 Å². The van der Waals surface area contributed by atoms with Crippen molar-refractivity contribution in [3.05, 3.63) is 18.5 Å². The molecule has 1 aromatic heterocycles. The van der Waals surface area contributed by atoms with Crippen molar-refractivity contribution in [2.45, 2.75) is 50.7 Å². The summed E-state index contributed by atoms with van der Waals surface area (Å²) in [5.41, 5.74) is -0.580. The molecule has 0 radical (unpaired) electrons. The van der Waals surface area contributed by atoms with E-state index in [0.29, 0.717) is 25.1 Å². The van der Waals surface area contributed by atoms with Crippen molar-refractivity contribution in [3.8, 4) is 0 Å². The molecule has 0 bridgehead atoms. The lowest BCUT2D eigenvalue weighted by Gasteiger charge is -2.33. The van der Waals surface area contributed by atoms with Gasteiger partial charge in [-0.15, -0.1) is 0 Å². The zero-order valence-electron chi connectivity index (χ0n) is 11.3. The number of ether oxygens (including phenoxy) is 1. The maximum Gasteiger partial charge on any atom is 0.328 e. The fourth-order valence-corrected chi connectivity index (χ4v) is 2.66. The maximum atomic E-state index is 12.5. The second-order valence-electron chi connectivity index (χ2n) is 5.59. The van der Waals surface area contributed by atoms with Crippen LogP contribution in [-0.4, -0.2) is 33.9 Å². The normalized spacial score (nSPS) is 21.9. The van der Waals surface area contributed by atoms with E-state index in [-0.39, 0.29) is 5.97 Å². The second-order valence-corrected chi connectivity index (χ2v) is 5.59. The Morgan fingerprint density at radius 1 is 1.47 bits per heavy atom. The van der Waals surface area contributed by atoms with E-state index in [0.717, 1.165) is 25.7 Å². The lowest BCUT2D eigenvalue weighted by Crippen LogP contribution is -2.58. The number of hydrogen-bond donors (Lipinski definition) is 1. The summed E-state index contributed by atoms with van der Waals surface area (Å²) in [5.74, 6) is 0.274. The first-order valence-electron chi connectivity index (χ1n) is 7.17. The largest absolute Gasteiger partial charge is 0.465 e. The Morgan fingerprint density at radius 2 is 2.26 bits per heavy atom. The predicted octanol–water partition coefficient (Wildman–Crippen LogP) is 1.35. The van der Waals surface area contributed by atoms with E-state index in [1.54, 1.807) is 6.20 Å². The highest BCUT2D eigenvalue weighted by molar-refractivity contribution is 5.82. The molecule has 1 heterocycles. The van der Waals surface area contributed by atoms with Crippen LogP contribution in [0.25, 0.3) is 0 Å². The summed E-state index contributed by atoms with van der Waals surface area (Å²) in [6, 6.07) is 2.36. The van der Waals surface area contributed by atoms with Gasteiger partial charge in [0.2, 0.25) is 0 Å². The van der Waals surface area contributed by atoms with E-state index in [1.165, 1.54) is 0 Å². The van der Waals surface area contributed by atoms with Crippen LogP contribution < -0.4 is 5.32 Å². The molecule has 1 unspecified atom stereocenters. The van der Waals surface area contributed by atoms with Crippen LogP contribution in [0.2, 0.25) is 0 Å². The second kappa shape index (κ2) is 4.96. The highest BCUT2D eigenvalue weighted by Crippen LogP contribution is 2.43. The van der Waals surface area contributed by atoms with Crippen LogP contribution in [0.1, 0.15) is 32.6 Å². The summed E-state index contributed by atoms with van der Waals surface area (Å²) in [5, 5.41) is 7.80. The standard InChI is InChI=1S/C14H21N3O2/c1-2-19-13(18)14(11-4-5-11,16-12-6-7-12)10-17-9-3-8-15-17/h3,8-9,11-12,16H,2,4-7,10H2,1H3. The van der Waals surface area contributed by atoms with Crippen molar-refractivity contribution in [2.24, 2.45) is 5.92 Å². The Morgan fingerprint density at radius 3 is 2.79 bits per heavy atom. The SMILES string of the molecule is CCOC(=O)C(Cn1cccn1)(NC1CC1)C1CC1. The molecule has 104 valence electrons. The molecule has 5 nitrogen and oxygen atoms in total. The average Bonchev–Trinajstić information content (AvgIpc) is 3.30. The minimum Gasteiger partial charge on any atom is -0.465 e. The lowest BCUT2D eigenvalue weighted by molar-refractivity contribution is -0.153. The van der Waals surface area contributed by atoms with Gasteiger partial charge in [0.1, 0.15) is 5.54 Å². The van der Waals surface area contributed by atoms with Crippen LogP contribution in [0.15, 0.2) is 18.5 Å². The number of aromatic nitrogens is 2. The Labute approximate surface area is 113 Å². The maximum absolute atomic E-state index is 12.5. The zero-order valence-corrected chi connectivity index (χ0v) is 11.3. The van der Waals surface area contributed by atoms with Crippen molar-refractivity contribution in [2.75, 3.05) is 6.61 Å². The van der Waals surface area contributed by atoms with Crippen molar-refractivity contribution in [3.63, 3.8) is 0 Å². The summed E-state index contributed by atoms with van der Waals surface area (Å²) in [4.78, 5) is 12.5. The number of nitrogens with zero attached hydrogens (tertiary/aromatic N) is 2. The predicted molar refractivity (Wildman–Crippen MR) is 70.5 cm³/mol. The molecular formula is C14H21N3O2. The average molecular weight is 263 g/mol. The molecule has 0 amide bonds. The van der Waals surface area contributed by atoms with Gasteiger partial charge < -0.3 is 4.74 Å². The molecule has 0 spiro atoms. The Hall–Kier alpha value is -1.36. The van der Waals surface area contributed by atoms with Crippen LogP contribution in [0.3, 0.4) is 0 Å². The van der Waals surface area contributed by atoms with Gasteiger partial charge in [-0.2, -0.15) is 5.10 Å². The van der Waals surface area contributed by atoms with Gasteiger partial charge in [-0.3, -0.25) is 10.00 Å². The van der Waals surface area contributed by atoms with Crippen molar-refractivity contribution >= 4 is 5.97 Å². The molecule has 2 aliphatic carbocycles. The molecule has 0 aliphatic heterocycles. The molecule has 1 atom stereocenters. The van der Waals surface area contributed by atoms with Gasteiger partial charge in [-0.05, 0) is 44.6 Å². The highest BCUT2D eigenvalue weighted by atomic mass is 16.5. The van der Waals surface area contributed by atoms with Gasteiger partial charge >= 0.3 is 5.97 Å². The molecule has 0 aromatic carbocycles. The molecule has 2 aliphatic rings. The number of carbonyl (C=O) groups is 1. The number of nitrogens with one attached hydrogen (secondary N) is 1. The summed E-state index contributed by atoms with van der Waals surface area (Å²) >= 11 is 0. The lowest BCUT2D eigenvalue weighted by atomic mass is 9.92. The molecule has 1 aromatic rings. The van der Waals surface area contributed by atoms with E-state index in [2.05, 4.69) is 10.4 Å². The van der Waals surface area contributed by atoms with E-state index in [4.69, 9.17) is 4.74 Å². The van der Waals surface area contributed by atoms with Crippen LogP contribution in [0.4, 0.5) is 0 Å². The van der Waals surface area contributed by atoms with E-state index in [9.17, 15) is 4.79 Å². The summed E-state index contributed by atoms with van der Waals surface area (Å²) in [6.07, 6.45) is 8.17. The van der Waals surface area contributed by atoms with Crippen molar-refractivity contribution < 1.29 is 9.53 Å². The van der Waals surface area contributed by atoms with Gasteiger partial charge in [-0.25, -0.2) is 4.79 Å². The third kappa shape index (κ3) is 2.66. The Kier molecular flexibility index (Phi) is 3.31. The smallest absolute Gasteiger partial charge is 0.328 e. The van der Waals surface area contributed by atoms with Crippen LogP contribution >= 0.6 is 0 Å². The first kappa shape index (κ1) is 12.7. The van der Waals surface area contributed by atoms with Gasteiger partial charge in [0.25, 0.3) is 0 Å². The van der Waals surface area contributed by atoms with Crippen LogP contribution in [-0.2, 0) is 16.1 Å². The molecule has 0 saturated heterocycles. The first-order valence-corrected chi connectivity index (χ1v) is 7.17. The van der Waals surface area contributed by atoms with Gasteiger partial charge in [0.05, 0.1) is 13.2 Å². The van der Waals surface area contributed by atoms with Crippen LogP contribution in [0, 0.1) is 5.92 Å². The Bertz CT molecular complexity index is 438. The molecule has 19 heavy (non-hydrogen) atoms. The summed E-state index contributed by atoms with van der Waals surface area (Å²) in [6.45, 7) is 2.86. The van der Waals surface area contributed by atoms with Crippen LogP contribution in [0.5, 0.6) is 0 Å². The quantitative estimate of drug-likeness (QED) is 0.754. The van der Waals surface area contributed by atoms with Gasteiger partial charge in [0.15, 0.2) is 0 Å². The number of rotatable bonds is 7. The van der Waals surface area contributed by atoms with E-state index < -0.39 is 5.54 Å². The van der Waals surface area contributed by atoms with E-state index >= 15 is 0 Å². The molecular weight excluding hydrogens is 242 g/mol. The van der Waals surface area contributed by atoms with E-state index in [1.807, 2.05) is 23.9 Å². The third-order valence-electron chi connectivity index (χ3n) is 3.92. The fraction of sp³-hybridized carbons (Fsp3) is 0.714. The molecule has 5 heteroatoms. The number of hydrogen-bond acceptors (Lipinski definition) is 4. The third-order valence-corrected chi connectivity index (χ3v) is 3.92. The zero-order chi connectivity index (χ0) is 13.3. The minimum atomic E-state index is -0.580. The summed E-state index contributed by atoms with van der Waals surface area (Å²) < 4.78 is 7.18. The van der Waals surface area contributed by atoms with Crippen molar-refractivity contribution in [1.29, 1.82) is 0 Å². The van der Waals surface area contributed by atoms with Gasteiger partial charge in [0, 0.05) is 18.4 Å². The Balaban J connectivity index is 1.84. The first-order chi connectivity index (χ1) is 9.24. The topological polar surface area (TPSA) is 56.2 Å². The molecule has 2 fully saturated rings. The summed E-state index contributed by atoms with van der Waals surface area (Å²) in [7, 11) is 0. The minimum absolute atomic E-state index is 0.111. The molecule has 3 rings (SSSR count). The fourth-order valence-electron chi connectivity index (χ4n) is 2.66. The number of esters is 1. The number of carbonyl (C=O) groups excluding carboxylic acids is 1. The molecule has 2 saturated carbocycles. The van der Waals surface area contributed by atoms with Gasteiger partial charge in [-0.1, -0.05) is 0 Å². The molecule has 1 N–H and O–H groups in total.